The lowest BCUT2D eigenvalue weighted by Gasteiger charge is -2.41. The van der Waals surface area contributed by atoms with Crippen LogP contribution in [0.1, 0.15) is 136 Å². The Morgan fingerprint density at radius 2 is 1.52 bits per heavy atom. The van der Waals surface area contributed by atoms with Crippen LogP contribution < -0.4 is 21.7 Å². The number of rotatable bonds is 34. The number of aliphatic carboxylic acids is 2. The highest BCUT2D eigenvalue weighted by Gasteiger charge is 2.38. The van der Waals surface area contributed by atoms with Crippen molar-refractivity contribution in [2.45, 2.75) is 150 Å². The van der Waals surface area contributed by atoms with E-state index in [1.807, 2.05) is 69.5 Å². The van der Waals surface area contributed by atoms with Crippen molar-refractivity contribution in [1.29, 1.82) is 0 Å². The van der Waals surface area contributed by atoms with Crippen molar-refractivity contribution >= 4 is 70.7 Å². The summed E-state index contributed by atoms with van der Waals surface area (Å²) in [5.41, 5.74) is 6.58. The van der Waals surface area contributed by atoms with Gasteiger partial charge in [0.1, 0.15) is 29.5 Å². The van der Waals surface area contributed by atoms with Gasteiger partial charge >= 0.3 is 11.9 Å². The molecule has 1 aromatic heterocycles. The number of imide groups is 1. The van der Waals surface area contributed by atoms with Gasteiger partial charge in [0.25, 0.3) is 0 Å². The fourth-order valence-electron chi connectivity index (χ4n) is 9.49. The first kappa shape index (κ1) is 65.7. The zero-order chi connectivity index (χ0) is 59.4. The molecule has 0 radical (unpaired) electrons. The molecule has 0 bridgehead atoms. The average molecular weight is 1140 g/mol. The number of hydrogen-bond donors (Lipinski definition) is 6. The lowest BCUT2D eigenvalue weighted by atomic mass is 9.82. The zero-order valence-corrected chi connectivity index (χ0v) is 47.7. The Kier molecular flexibility index (Phi) is 25.7. The number of hydrogen-bond acceptors (Lipinski definition) is 12. The Hall–Kier alpha value is -6.81. The van der Waals surface area contributed by atoms with E-state index in [1.165, 1.54) is 4.90 Å². The summed E-state index contributed by atoms with van der Waals surface area (Å²) in [6.45, 7) is 13.0. The molecule has 0 saturated carbocycles. The van der Waals surface area contributed by atoms with E-state index in [4.69, 9.17) is 10.8 Å². The highest BCUT2D eigenvalue weighted by molar-refractivity contribution is 7.99. The molecule has 1 fully saturated rings. The monoisotopic (exact) mass is 1140 g/mol. The summed E-state index contributed by atoms with van der Waals surface area (Å²) >= 11 is 1.11. The van der Waals surface area contributed by atoms with Crippen molar-refractivity contribution in [3.63, 3.8) is 0 Å². The van der Waals surface area contributed by atoms with E-state index < -0.39 is 89.8 Å². The molecule has 2 aromatic carbocycles. The molecule has 6 atom stereocenters. The number of nitrogens with zero attached hydrogens (tertiary/aromatic N) is 3. The van der Waals surface area contributed by atoms with E-state index >= 15 is 4.39 Å². The molecule has 7 N–H and O–H groups in total. The predicted octanol–water partition coefficient (Wildman–Crippen LogP) is 6.44. The molecule has 0 spiro atoms. The fraction of sp³-hybridized carbons (Fsp3) is 0.552. The summed E-state index contributed by atoms with van der Waals surface area (Å²) in [5, 5.41) is 26.1. The number of nitrogens with two attached hydrogens (primary N) is 1. The molecule has 438 valence electrons. The van der Waals surface area contributed by atoms with Gasteiger partial charge in [-0.15, -0.1) is 0 Å². The number of Topliss-reactive ketones (excluding diaryl/α,β-unsaturated/α-hetero) is 2. The highest BCUT2D eigenvalue weighted by Crippen LogP contribution is 2.42. The van der Waals surface area contributed by atoms with Crippen LogP contribution in [-0.2, 0) is 54.5 Å². The number of carboxylic acids is 2. The third-order valence-electron chi connectivity index (χ3n) is 14.0. The minimum absolute atomic E-state index is 0.0101. The lowest BCUT2D eigenvalue weighted by molar-refractivity contribution is -0.142. The molecule has 3 aromatic rings. The fourth-order valence-corrected chi connectivity index (χ4v) is 10.3. The number of unbranched alkanes of at least 4 members (excludes halogenated alkanes) is 3. The Labute approximate surface area is 470 Å². The smallest absolute Gasteiger partial charge is 0.328 e. The number of amides is 6. The molecule has 19 nitrogen and oxygen atoms in total. The molecular formula is C58H79F2N7O12S. The van der Waals surface area contributed by atoms with Crippen LogP contribution in [0.15, 0.2) is 60.8 Å². The van der Waals surface area contributed by atoms with Crippen LogP contribution in [0.4, 0.5) is 8.78 Å². The number of nitrogens with one attached hydrogen (secondary N) is 3. The molecule has 22 heteroatoms. The highest BCUT2D eigenvalue weighted by atomic mass is 32.2. The Morgan fingerprint density at radius 1 is 0.838 bits per heavy atom. The van der Waals surface area contributed by atoms with Crippen LogP contribution in [0.25, 0.3) is 11.1 Å². The second-order valence-corrected chi connectivity index (χ2v) is 23.1. The second-order valence-electron chi connectivity index (χ2n) is 22.0. The minimum atomic E-state index is -1.55. The van der Waals surface area contributed by atoms with Gasteiger partial charge in [-0.25, -0.2) is 13.6 Å². The van der Waals surface area contributed by atoms with Crippen molar-refractivity contribution < 1.29 is 66.9 Å². The summed E-state index contributed by atoms with van der Waals surface area (Å²) in [6, 6.07) is 9.72. The van der Waals surface area contributed by atoms with Crippen LogP contribution in [0.3, 0.4) is 0 Å². The minimum Gasteiger partial charge on any atom is -0.480 e. The molecule has 1 aliphatic heterocycles. The SMILES string of the molecule is CC1CC(=O)N(CCCCCC(=O)C[C@H](C(=O)N[C@@H](C)C(=O)CCCCN(C(=O)CSCCC(=O)N[C@H](CNC(=O)C[C@H](N)C(=O)O)C(=O)O)[C@@H](c2cc(-c3cc(F)ccc3F)cn2Cc2ccccc2)C(C)(C)C)C(C)C)C1=O. The number of aromatic nitrogens is 1. The van der Waals surface area contributed by atoms with Gasteiger partial charge in [-0.3, -0.25) is 48.1 Å². The van der Waals surface area contributed by atoms with E-state index in [2.05, 4.69) is 16.0 Å². The Morgan fingerprint density at radius 3 is 2.15 bits per heavy atom. The van der Waals surface area contributed by atoms with Gasteiger partial charge in [0, 0.05) is 98.9 Å². The number of likely N-dealkylation sites (tertiary alicyclic amines) is 1. The van der Waals surface area contributed by atoms with Gasteiger partial charge in [-0.2, -0.15) is 11.8 Å². The number of thioether (sulfide) groups is 1. The molecular weight excluding hydrogens is 1060 g/mol. The molecule has 80 heavy (non-hydrogen) atoms. The summed E-state index contributed by atoms with van der Waals surface area (Å²) in [5.74, 6) is -8.45. The topological polar surface area (TPSA) is 285 Å². The van der Waals surface area contributed by atoms with Crippen LogP contribution in [0, 0.1) is 34.8 Å². The van der Waals surface area contributed by atoms with Crippen molar-refractivity contribution in [3.8, 4) is 11.1 Å². The number of carbonyl (C=O) groups excluding carboxylic acids is 8. The maximum atomic E-state index is 15.4. The summed E-state index contributed by atoms with van der Waals surface area (Å²) in [7, 11) is 0. The van der Waals surface area contributed by atoms with Gasteiger partial charge in [0.2, 0.25) is 35.4 Å². The van der Waals surface area contributed by atoms with E-state index in [0.717, 1.165) is 35.5 Å². The van der Waals surface area contributed by atoms with Crippen LogP contribution >= 0.6 is 11.8 Å². The van der Waals surface area contributed by atoms with Crippen molar-refractivity contribution in [1.82, 2.24) is 30.3 Å². The Balaban J connectivity index is 1.47. The normalized spacial score (nSPS) is 15.4. The third-order valence-corrected chi connectivity index (χ3v) is 14.9. The predicted molar refractivity (Wildman–Crippen MR) is 297 cm³/mol. The van der Waals surface area contributed by atoms with E-state index in [-0.39, 0.29) is 96.8 Å². The maximum absolute atomic E-state index is 15.4. The number of halogens is 2. The molecule has 2 heterocycles. The molecule has 0 aliphatic carbocycles. The third kappa shape index (κ3) is 20.4. The van der Waals surface area contributed by atoms with Gasteiger partial charge in [-0.05, 0) is 73.8 Å². The Bertz CT molecular complexity index is 2680. The molecule has 4 rings (SSSR count). The number of carbonyl (C=O) groups is 10. The van der Waals surface area contributed by atoms with Crippen LogP contribution in [-0.4, -0.2) is 133 Å². The number of ketones is 2. The van der Waals surface area contributed by atoms with Gasteiger partial charge in [-0.1, -0.05) is 78.3 Å². The van der Waals surface area contributed by atoms with Crippen molar-refractivity contribution in [3.05, 3.63) is 83.7 Å². The van der Waals surface area contributed by atoms with Crippen molar-refractivity contribution in [2.24, 2.45) is 28.9 Å². The molecule has 1 aliphatic rings. The van der Waals surface area contributed by atoms with E-state index in [1.54, 1.807) is 31.0 Å². The average Bonchev–Trinajstić information content (AvgIpc) is 3.92. The molecule has 6 amide bonds. The van der Waals surface area contributed by atoms with Crippen LogP contribution in [0.2, 0.25) is 0 Å². The summed E-state index contributed by atoms with van der Waals surface area (Å²) in [4.78, 5) is 130. The largest absolute Gasteiger partial charge is 0.480 e. The molecule has 1 unspecified atom stereocenters. The van der Waals surface area contributed by atoms with Gasteiger partial charge < -0.3 is 41.4 Å². The first-order chi connectivity index (χ1) is 37.7. The van der Waals surface area contributed by atoms with E-state index in [9.17, 15) is 57.4 Å². The van der Waals surface area contributed by atoms with Crippen molar-refractivity contribution in [2.75, 3.05) is 31.1 Å². The second kappa shape index (κ2) is 31.3. The first-order valence-corrected chi connectivity index (χ1v) is 28.4. The summed E-state index contributed by atoms with van der Waals surface area (Å²) < 4.78 is 32.0. The van der Waals surface area contributed by atoms with E-state index in [0.29, 0.717) is 56.5 Å². The van der Waals surface area contributed by atoms with Crippen LogP contribution in [0.5, 0.6) is 0 Å². The zero-order valence-electron chi connectivity index (χ0n) is 46.9. The quantitative estimate of drug-likeness (QED) is 0.0277. The maximum Gasteiger partial charge on any atom is 0.328 e. The summed E-state index contributed by atoms with van der Waals surface area (Å²) in [6.07, 6.45) is 3.74. The first-order valence-electron chi connectivity index (χ1n) is 27.2. The molecule has 1 saturated heterocycles. The number of carboxylic acid groups (broad SMARTS) is 2. The lowest BCUT2D eigenvalue weighted by Crippen LogP contribution is -2.49. The number of benzene rings is 2. The standard InChI is InChI=1S/C58H79F2N7O12S/c1-35(2)42(29-41(68)18-12-9-14-24-67-51(72)26-36(3)55(67)75)54(74)63-37(4)48(69)19-13-15-23-66(52(73)34-80-25-22-49(70)64-46(57(78)79)31-62-50(71)30-45(61)56(76)77)53(58(5,6)7)47-27-39(43-28-40(59)20-21-44(43)60)33-65(47)32-38-16-10-8-11-17-38/h8,10-11,16-17,20-21,27-28,33,35-37,42,45-46,53H,9,12-15,18-19,22-26,29-32,34,61H2,1-7H3,(H,62,71)(H,63,74)(H,64,70)(H,76,77)(H,78,79)/t36?,37-,42-,45-,46+,53-/m0/s1. The van der Waals surface area contributed by atoms with Gasteiger partial charge in [0.15, 0.2) is 5.78 Å². The van der Waals surface area contributed by atoms with Gasteiger partial charge in [0.05, 0.1) is 24.3 Å².